The maximum absolute atomic E-state index is 12.8. The Bertz CT molecular complexity index is 1340. The van der Waals surface area contributed by atoms with Crippen LogP contribution in [0.3, 0.4) is 0 Å². The second kappa shape index (κ2) is 8.25. The number of hydrogen-bond acceptors (Lipinski definition) is 5. The van der Waals surface area contributed by atoms with E-state index in [-0.39, 0.29) is 16.4 Å². The third-order valence-electron chi connectivity index (χ3n) is 4.97. The smallest absolute Gasteiger partial charge is 0.238 e. The number of aromatic amines is 1. The highest BCUT2D eigenvalue weighted by Crippen LogP contribution is 2.28. The van der Waals surface area contributed by atoms with Gasteiger partial charge in [-0.3, -0.25) is 4.79 Å². The number of nitrogens with two attached hydrogens (primary N) is 1. The Morgan fingerprint density at radius 3 is 2.80 bits per heavy atom. The van der Waals surface area contributed by atoms with E-state index in [1.54, 1.807) is 12.3 Å². The first-order valence-electron chi connectivity index (χ1n) is 9.63. The van der Waals surface area contributed by atoms with E-state index in [0.717, 1.165) is 35.8 Å². The van der Waals surface area contributed by atoms with Crippen LogP contribution in [0, 0.1) is 0 Å². The van der Waals surface area contributed by atoms with Gasteiger partial charge in [0.15, 0.2) is 10.9 Å². The van der Waals surface area contributed by atoms with Crippen molar-refractivity contribution in [1.29, 1.82) is 0 Å². The van der Waals surface area contributed by atoms with Gasteiger partial charge in [-0.05, 0) is 30.7 Å². The molecule has 9 heteroatoms. The lowest BCUT2D eigenvalue weighted by Crippen LogP contribution is -2.11. The van der Waals surface area contributed by atoms with Crippen LogP contribution < -0.4 is 5.14 Å². The molecule has 2 aromatic heterocycles. The Balaban J connectivity index is 1.64. The molecule has 3 N–H and O–H groups in total. The number of imidazole rings is 1. The van der Waals surface area contributed by atoms with Gasteiger partial charge in [0, 0.05) is 29.2 Å². The third kappa shape index (κ3) is 4.00. The molecule has 0 atom stereocenters. The molecule has 156 valence electrons. The van der Waals surface area contributed by atoms with Crippen LogP contribution in [0.25, 0.3) is 21.9 Å². The number of sulfonamides is 1. The first kappa shape index (κ1) is 20.6. The minimum absolute atomic E-state index is 0.0109. The van der Waals surface area contributed by atoms with E-state index in [1.807, 2.05) is 28.8 Å². The summed E-state index contributed by atoms with van der Waals surface area (Å²) in [5.74, 6) is 0.246. The van der Waals surface area contributed by atoms with Gasteiger partial charge in [-0.1, -0.05) is 43.3 Å². The maximum Gasteiger partial charge on any atom is 0.238 e. The van der Waals surface area contributed by atoms with Gasteiger partial charge in [-0.15, -0.1) is 0 Å². The number of nitrogens with one attached hydrogen (secondary N) is 1. The summed E-state index contributed by atoms with van der Waals surface area (Å²) in [5.41, 5.74) is 2.97. The van der Waals surface area contributed by atoms with E-state index >= 15 is 0 Å². The van der Waals surface area contributed by atoms with Gasteiger partial charge >= 0.3 is 0 Å². The van der Waals surface area contributed by atoms with Crippen molar-refractivity contribution in [1.82, 2.24) is 14.5 Å². The standard InChI is InChI=1S/C21H22N4O3S2/c1-2-3-10-25-19-9-8-14(30(22,27)28)11-18(19)24-21(25)29-13-20(26)16-12-23-17-7-5-4-6-15(16)17/h4-9,11-12,23H,2-3,10,13H2,1H3,(H2,22,27,28). The molecule has 0 amide bonds. The molecule has 0 unspecified atom stereocenters. The van der Waals surface area contributed by atoms with Crippen molar-refractivity contribution < 1.29 is 13.2 Å². The lowest BCUT2D eigenvalue weighted by Gasteiger charge is -2.08. The van der Waals surface area contributed by atoms with Crippen LogP contribution in [0.5, 0.6) is 0 Å². The molecule has 0 aliphatic heterocycles. The number of fused-ring (bicyclic) bond motifs is 2. The molecular formula is C21H22N4O3S2. The number of carbonyl (C=O) groups is 1. The lowest BCUT2D eigenvalue weighted by atomic mass is 10.1. The number of primary sulfonamides is 1. The summed E-state index contributed by atoms with van der Waals surface area (Å²) < 4.78 is 25.4. The molecule has 2 aromatic carbocycles. The highest BCUT2D eigenvalue weighted by molar-refractivity contribution is 7.99. The minimum atomic E-state index is -3.80. The molecule has 2 heterocycles. The number of hydrogen-bond donors (Lipinski definition) is 2. The molecular weight excluding hydrogens is 420 g/mol. The van der Waals surface area contributed by atoms with E-state index in [0.29, 0.717) is 16.2 Å². The highest BCUT2D eigenvalue weighted by Gasteiger charge is 2.18. The number of aromatic nitrogens is 3. The van der Waals surface area contributed by atoms with Crippen LogP contribution in [0.4, 0.5) is 0 Å². The summed E-state index contributed by atoms with van der Waals surface area (Å²) in [5, 5.41) is 6.85. The van der Waals surface area contributed by atoms with E-state index < -0.39 is 10.0 Å². The Labute approximate surface area is 178 Å². The van der Waals surface area contributed by atoms with E-state index in [1.165, 1.54) is 23.9 Å². The molecule has 7 nitrogen and oxygen atoms in total. The summed E-state index contributed by atoms with van der Waals surface area (Å²) in [6, 6.07) is 12.4. The van der Waals surface area contributed by atoms with E-state index in [2.05, 4.69) is 16.9 Å². The van der Waals surface area contributed by atoms with Gasteiger partial charge in [-0.2, -0.15) is 0 Å². The number of rotatable bonds is 8. The lowest BCUT2D eigenvalue weighted by molar-refractivity contribution is 0.102. The molecule has 0 fully saturated rings. The number of benzene rings is 2. The molecule has 30 heavy (non-hydrogen) atoms. The minimum Gasteiger partial charge on any atom is -0.360 e. The molecule has 0 bridgehead atoms. The molecule has 4 aromatic rings. The molecule has 0 aliphatic carbocycles. The van der Waals surface area contributed by atoms with Crippen LogP contribution in [0.1, 0.15) is 30.1 Å². The summed E-state index contributed by atoms with van der Waals surface area (Å²) in [6.07, 6.45) is 3.70. The Morgan fingerprint density at radius 1 is 1.23 bits per heavy atom. The summed E-state index contributed by atoms with van der Waals surface area (Å²) >= 11 is 1.36. The monoisotopic (exact) mass is 442 g/mol. The number of nitrogens with zero attached hydrogens (tertiary/aromatic N) is 2. The molecule has 0 radical (unpaired) electrons. The summed E-state index contributed by atoms with van der Waals surface area (Å²) in [6.45, 7) is 2.84. The number of thioether (sulfide) groups is 1. The first-order chi connectivity index (χ1) is 14.4. The van der Waals surface area contributed by atoms with Crippen molar-refractivity contribution in [2.75, 3.05) is 5.75 Å². The number of para-hydroxylation sites is 1. The SMILES string of the molecule is CCCCn1c(SCC(=O)c2c[nH]c3ccccc23)nc2cc(S(N)(=O)=O)ccc21. The first-order valence-corrected chi connectivity index (χ1v) is 12.2. The predicted octanol–water partition coefficient (Wildman–Crippen LogP) is 3.94. The fourth-order valence-electron chi connectivity index (χ4n) is 3.42. The van der Waals surface area contributed by atoms with Gasteiger partial charge < -0.3 is 9.55 Å². The largest absolute Gasteiger partial charge is 0.360 e. The zero-order valence-electron chi connectivity index (χ0n) is 16.5. The normalized spacial score (nSPS) is 12.1. The van der Waals surface area contributed by atoms with Crippen LogP contribution in [-0.4, -0.2) is 34.5 Å². The number of carbonyl (C=O) groups excluding carboxylic acids is 1. The predicted molar refractivity (Wildman–Crippen MR) is 119 cm³/mol. The van der Waals surface area contributed by atoms with Crippen LogP contribution in [0.15, 0.2) is 58.7 Å². The second-order valence-electron chi connectivity index (χ2n) is 7.05. The Morgan fingerprint density at radius 2 is 2.03 bits per heavy atom. The Kier molecular flexibility index (Phi) is 5.68. The van der Waals surface area contributed by atoms with Gasteiger partial charge in [0.1, 0.15) is 0 Å². The second-order valence-corrected chi connectivity index (χ2v) is 9.56. The van der Waals surface area contributed by atoms with Crippen LogP contribution in [0.2, 0.25) is 0 Å². The van der Waals surface area contributed by atoms with Crippen molar-refractivity contribution in [2.24, 2.45) is 5.14 Å². The molecule has 4 rings (SSSR count). The number of ketones is 1. The van der Waals surface area contributed by atoms with Crippen molar-refractivity contribution in [2.45, 2.75) is 36.4 Å². The molecule has 0 saturated heterocycles. The fraction of sp³-hybridized carbons (Fsp3) is 0.238. The average Bonchev–Trinajstić information content (AvgIpc) is 3.30. The van der Waals surface area contributed by atoms with Crippen LogP contribution >= 0.6 is 11.8 Å². The summed E-state index contributed by atoms with van der Waals surface area (Å²) in [7, 11) is -3.80. The fourth-order valence-corrected chi connectivity index (χ4v) is 4.87. The number of aryl methyl sites for hydroxylation is 1. The molecule has 0 aliphatic rings. The van der Waals surface area contributed by atoms with Crippen molar-refractivity contribution in [3.8, 4) is 0 Å². The maximum atomic E-state index is 12.8. The Hall–Kier alpha value is -2.62. The van der Waals surface area contributed by atoms with Gasteiger partial charge in [0.25, 0.3) is 0 Å². The average molecular weight is 443 g/mol. The van der Waals surface area contributed by atoms with E-state index in [9.17, 15) is 13.2 Å². The quantitative estimate of drug-likeness (QED) is 0.317. The highest BCUT2D eigenvalue weighted by atomic mass is 32.2. The zero-order valence-corrected chi connectivity index (χ0v) is 18.1. The van der Waals surface area contributed by atoms with Crippen molar-refractivity contribution in [3.05, 3.63) is 54.2 Å². The molecule has 0 spiro atoms. The zero-order chi connectivity index (χ0) is 21.3. The number of H-pyrrole nitrogens is 1. The van der Waals surface area contributed by atoms with Gasteiger partial charge in [0.05, 0.1) is 21.7 Å². The third-order valence-corrected chi connectivity index (χ3v) is 6.86. The van der Waals surface area contributed by atoms with Crippen molar-refractivity contribution >= 4 is 49.5 Å². The number of unbranched alkanes of at least 4 members (excludes halogenated alkanes) is 1. The van der Waals surface area contributed by atoms with Crippen LogP contribution in [-0.2, 0) is 16.6 Å². The van der Waals surface area contributed by atoms with Gasteiger partial charge in [-0.25, -0.2) is 18.5 Å². The number of Topliss-reactive ketones (excluding diaryl/α,β-unsaturated/α-hetero) is 1. The van der Waals surface area contributed by atoms with Gasteiger partial charge in [0.2, 0.25) is 10.0 Å². The summed E-state index contributed by atoms with van der Waals surface area (Å²) in [4.78, 5) is 20.6. The molecule has 0 saturated carbocycles. The topological polar surface area (TPSA) is 111 Å². The van der Waals surface area contributed by atoms with E-state index in [4.69, 9.17) is 5.14 Å². The van der Waals surface area contributed by atoms with Crippen molar-refractivity contribution in [3.63, 3.8) is 0 Å².